The van der Waals surface area contributed by atoms with Gasteiger partial charge in [0.25, 0.3) is 5.69 Å². The fourth-order valence-electron chi connectivity index (χ4n) is 2.51. The highest BCUT2D eigenvalue weighted by Crippen LogP contribution is 2.31. The van der Waals surface area contributed by atoms with Crippen molar-refractivity contribution >= 4 is 22.3 Å². The fraction of sp³-hybridized carbons (Fsp3) is 0.250. The van der Waals surface area contributed by atoms with Gasteiger partial charge in [0.15, 0.2) is 0 Å². The van der Waals surface area contributed by atoms with Gasteiger partial charge >= 0.3 is 0 Å². The molecule has 6 heteroatoms. The predicted octanol–water partition coefficient (Wildman–Crippen LogP) is 2.59. The van der Waals surface area contributed by atoms with Gasteiger partial charge in [-0.1, -0.05) is 5.16 Å². The molecule has 1 aliphatic carbocycles. The summed E-state index contributed by atoms with van der Waals surface area (Å²) in [6.07, 6.45) is 2.45. The Hall–Kier alpha value is -2.37. The van der Waals surface area contributed by atoms with E-state index < -0.39 is 4.92 Å². The third kappa shape index (κ3) is 1.46. The van der Waals surface area contributed by atoms with Crippen molar-refractivity contribution in [2.24, 2.45) is 5.16 Å². The smallest absolute Gasteiger partial charge is 0.270 e. The highest BCUT2D eigenvalue weighted by molar-refractivity contribution is 6.06. The first-order valence-electron chi connectivity index (χ1n) is 5.71. The number of nitro benzene ring substituents is 1. The van der Waals surface area contributed by atoms with Crippen molar-refractivity contribution in [3.63, 3.8) is 0 Å². The number of non-ortho nitro benzene ring substituents is 1. The second-order valence-electron chi connectivity index (χ2n) is 4.37. The molecule has 1 aromatic carbocycles. The van der Waals surface area contributed by atoms with Crippen molar-refractivity contribution in [3.8, 4) is 0 Å². The summed E-state index contributed by atoms with van der Waals surface area (Å²) >= 11 is 0. The number of oxime groups is 1. The molecule has 0 atom stereocenters. The van der Waals surface area contributed by atoms with Crippen LogP contribution in [0.3, 0.4) is 0 Å². The summed E-state index contributed by atoms with van der Waals surface area (Å²) in [7, 11) is 0. The SMILES string of the molecule is O=[N+]([O-])c1ccc2[nH]c3c(c2c1)CCC/C3=N/O. The Morgan fingerprint density at radius 1 is 1.39 bits per heavy atom. The molecular weight excluding hydrogens is 234 g/mol. The van der Waals surface area contributed by atoms with Gasteiger partial charge in [0.1, 0.15) is 5.71 Å². The van der Waals surface area contributed by atoms with Gasteiger partial charge in [0.2, 0.25) is 0 Å². The molecule has 2 N–H and O–H groups in total. The zero-order valence-electron chi connectivity index (χ0n) is 9.51. The van der Waals surface area contributed by atoms with Crippen LogP contribution in [-0.2, 0) is 6.42 Å². The summed E-state index contributed by atoms with van der Waals surface area (Å²) < 4.78 is 0. The third-order valence-electron chi connectivity index (χ3n) is 3.35. The average Bonchev–Trinajstić information content (AvgIpc) is 2.76. The Morgan fingerprint density at radius 2 is 2.22 bits per heavy atom. The van der Waals surface area contributed by atoms with Gasteiger partial charge in [0, 0.05) is 23.0 Å². The topological polar surface area (TPSA) is 91.5 Å². The molecule has 0 aliphatic heterocycles. The van der Waals surface area contributed by atoms with Crippen molar-refractivity contribution in [2.45, 2.75) is 19.3 Å². The van der Waals surface area contributed by atoms with Crippen molar-refractivity contribution in [3.05, 3.63) is 39.6 Å². The molecule has 1 aromatic heterocycles. The molecule has 0 spiro atoms. The first-order valence-corrected chi connectivity index (χ1v) is 5.71. The van der Waals surface area contributed by atoms with Crippen LogP contribution in [0.25, 0.3) is 10.9 Å². The summed E-state index contributed by atoms with van der Waals surface area (Å²) in [5, 5.41) is 23.9. The van der Waals surface area contributed by atoms with Gasteiger partial charge < -0.3 is 10.2 Å². The molecule has 0 saturated carbocycles. The van der Waals surface area contributed by atoms with Crippen LogP contribution in [0.5, 0.6) is 0 Å². The number of hydrogen-bond acceptors (Lipinski definition) is 4. The van der Waals surface area contributed by atoms with Crippen LogP contribution in [0, 0.1) is 10.1 Å². The largest absolute Gasteiger partial charge is 0.411 e. The van der Waals surface area contributed by atoms with Crippen LogP contribution in [-0.4, -0.2) is 20.8 Å². The van der Waals surface area contributed by atoms with Gasteiger partial charge in [-0.2, -0.15) is 0 Å². The molecular formula is C12H11N3O3. The number of aromatic nitrogens is 1. The van der Waals surface area contributed by atoms with Gasteiger partial charge in [-0.05, 0) is 30.9 Å². The van der Waals surface area contributed by atoms with Crippen LogP contribution in [0.1, 0.15) is 24.1 Å². The first kappa shape index (κ1) is 10.8. The normalized spacial score (nSPS) is 17.0. The maximum absolute atomic E-state index is 10.8. The number of H-pyrrole nitrogens is 1. The molecule has 2 aromatic rings. The van der Waals surface area contributed by atoms with E-state index >= 15 is 0 Å². The lowest BCUT2D eigenvalue weighted by Crippen LogP contribution is -2.10. The number of nitrogens with zero attached hydrogens (tertiary/aromatic N) is 2. The summed E-state index contributed by atoms with van der Waals surface area (Å²) in [6.45, 7) is 0. The number of aromatic amines is 1. The summed E-state index contributed by atoms with van der Waals surface area (Å²) in [5.41, 5.74) is 3.35. The molecule has 0 saturated heterocycles. The zero-order valence-corrected chi connectivity index (χ0v) is 9.51. The lowest BCUT2D eigenvalue weighted by molar-refractivity contribution is -0.384. The Balaban J connectivity index is 2.27. The summed E-state index contributed by atoms with van der Waals surface area (Å²) in [4.78, 5) is 13.6. The Kier molecular flexibility index (Phi) is 2.29. The van der Waals surface area contributed by atoms with Crippen LogP contribution >= 0.6 is 0 Å². The number of nitrogens with one attached hydrogen (secondary N) is 1. The third-order valence-corrected chi connectivity index (χ3v) is 3.35. The summed E-state index contributed by atoms with van der Waals surface area (Å²) in [5.74, 6) is 0. The van der Waals surface area contributed by atoms with Gasteiger partial charge in [-0.15, -0.1) is 0 Å². The Bertz CT molecular complexity index is 673. The Morgan fingerprint density at radius 3 is 2.94 bits per heavy atom. The van der Waals surface area contributed by atoms with E-state index in [1.165, 1.54) is 6.07 Å². The highest BCUT2D eigenvalue weighted by atomic mass is 16.6. The molecule has 1 heterocycles. The maximum atomic E-state index is 10.8. The minimum atomic E-state index is -0.400. The highest BCUT2D eigenvalue weighted by Gasteiger charge is 2.22. The number of benzene rings is 1. The average molecular weight is 245 g/mol. The molecule has 3 rings (SSSR count). The molecule has 18 heavy (non-hydrogen) atoms. The van der Waals surface area contributed by atoms with E-state index in [1.54, 1.807) is 12.1 Å². The van der Waals surface area contributed by atoms with Crippen molar-refractivity contribution < 1.29 is 10.1 Å². The minimum Gasteiger partial charge on any atom is -0.411 e. The second-order valence-corrected chi connectivity index (χ2v) is 4.37. The first-order chi connectivity index (χ1) is 8.70. The van der Waals surface area contributed by atoms with E-state index in [-0.39, 0.29) is 5.69 Å². The van der Waals surface area contributed by atoms with Crippen LogP contribution < -0.4 is 0 Å². The molecule has 0 unspecified atom stereocenters. The molecule has 0 radical (unpaired) electrons. The molecule has 0 amide bonds. The Labute approximate surface area is 102 Å². The molecule has 6 nitrogen and oxygen atoms in total. The lowest BCUT2D eigenvalue weighted by Gasteiger charge is -2.12. The maximum Gasteiger partial charge on any atom is 0.270 e. The standard InChI is InChI=1S/C12H11N3O3/c16-14-11-3-1-2-8-9-6-7(15(17)18)4-5-10(9)13-12(8)11/h4-6,13,16H,1-3H2/b14-11-. The minimum absolute atomic E-state index is 0.0809. The van der Waals surface area contributed by atoms with E-state index in [1.807, 2.05) is 0 Å². The van der Waals surface area contributed by atoms with E-state index in [2.05, 4.69) is 10.1 Å². The van der Waals surface area contributed by atoms with Crippen molar-refractivity contribution in [1.82, 2.24) is 4.98 Å². The second kappa shape index (κ2) is 3.83. The van der Waals surface area contributed by atoms with Gasteiger partial charge in [-0.25, -0.2) is 0 Å². The van der Waals surface area contributed by atoms with E-state index in [0.717, 1.165) is 41.4 Å². The number of nitro groups is 1. The molecule has 0 bridgehead atoms. The predicted molar refractivity (Wildman–Crippen MR) is 66.2 cm³/mol. The number of rotatable bonds is 1. The molecule has 0 fully saturated rings. The molecule has 92 valence electrons. The molecule has 1 aliphatic rings. The monoisotopic (exact) mass is 245 g/mol. The van der Waals surface area contributed by atoms with Crippen molar-refractivity contribution in [2.75, 3.05) is 0 Å². The van der Waals surface area contributed by atoms with Gasteiger partial charge in [-0.3, -0.25) is 10.1 Å². The van der Waals surface area contributed by atoms with Crippen LogP contribution in [0.4, 0.5) is 5.69 Å². The van der Waals surface area contributed by atoms with E-state index in [0.29, 0.717) is 5.71 Å². The number of fused-ring (bicyclic) bond motifs is 3. The quantitative estimate of drug-likeness (QED) is 0.459. The van der Waals surface area contributed by atoms with Crippen molar-refractivity contribution in [1.29, 1.82) is 0 Å². The van der Waals surface area contributed by atoms with Crippen LogP contribution in [0.15, 0.2) is 23.4 Å². The zero-order chi connectivity index (χ0) is 12.7. The van der Waals surface area contributed by atoms with Crippen LogP contribution in [0.2, 0.25) is 0 Å². The van der Waals surface area contributed by atoms with E-state index in [4.69, 9.17) is 5.21 Å². The lowest BCUT2D eigenvalue weighted by atomic mass is 9.94. The summed E-state index contributed by atoms with van der Waals surface area (Å²) in [6, 6.07) is 4.74. The van der Waals surface area contributed by atoms with E-state index in [9.17, 15) is 10.1 Å². The fourth-order valence-corrected chi connectivity index (χ4v) is 2.51. The number of aryl methyl sites for hydroxylation is 1. The van der Waals surface area contributed by atoms with Gasteiger partial charge in [0.05, 0.1) is 10.6 Å². The number of hydrogen-bond donors (Lipinski definition) is 2.